The number of nitrogens with one attached hydrogen (secondary N) is 2. The molecule has 33 heavy (non-hydrogen) atoms. The van der Waals surface area contributed by atoms with Gasteiger partial charge in [0.25, 0.3) is 10.0 Å². The van der Waals surface area contributed by atoms with Crippen LogP contribution in [0.2, 0.25) is 0 Å². The number of amidine groups is 1. The molecule has 0 bridgehead atoms. The van der Waals surface area contributed by atoms with E-state index in [9.17, 15) is 13.2 Å². The lowest BCUT2D eigenvalue weighted by Crippen LogP contribution is -2.38. The highest BCUT2D eigenvalue weighted by Crippen LogP contribution is 2.24. The van der Waals surface area contributed by atoms with Crippen LogP contribution in [0.5, 0.6) is 0 Å². The minimum Gasteiger partial charge on any atom is -0.352 e. The Bertz CT molecular complexity index is 1140. The lowest BCUT2D eigenvalue weighted by Gasteiger charge is -2.35. The number of amides is 1. The van der Waals surface area contributed by atoms with E-state index in [2.05, 4.69) is 45.9 Å². The van der Waals surface area contributed by atoms with E-state index >= 15 is 0 Å². The second-order valence-corrected chi connectivity index (χ2v) is 10.9. The fraction of sp³-hybridized carbons (Fsp3) is 0.440. The average Bonchev–Trinajstić information content (AvgIpc) is 3.03. The van der Waals surface area contributed by atoms with E-state index in [4.69, 9.17) is 0 Å². The summed E-state index contributed by atoms with van der Waals surface area (Å²) in [5, 5.41) is 2.99. The van der Waals surface area contributed by atoms with Crippen molar-refractivity contribution in [3.8, 4) is 0 Å². The molecule has 2 unspecified atom stereocenters. The van der Waals surface area contributed by atoms with Gasteiger partial charge in [0.2, 0.25) is 5.91 Å². The van der Waals surface area contributed by atoms with Crippen LogP contribution in [0.4, 0.5) is 0 Å². The molecular weight excluding hydrogens is 436 g/mol. The number of likely N-dealkylation sites (tertiary alicyclic amines) is 1. The molecule has 1 amide bonds. The van der Waals surface area contributed by atoms with Gasteiger partial charge in [0.15, 0.2) is 0 Å². The van der Waals surface area contributed by atoms with Gasteiger partial charge in [0.1, 0.15) is 5.84 Å². The van der Waals surface area contributed by atoms with E-state index in [1.807, 2.05) is 12.1 Å². The maximum absolute atomic E-state index is 12.4. The predicted octanol–water partition coefficient (Wildman–Crippen LogP) is 2.91. The third-order valence-corrected chi connectivity index (χ3v) is 7.60. The van der Waals surface area contributed by atoms with Crippen LogP contribution in [0, 0.1) is 11.8 Å². The summed E-state index contributed by atoms with van der Waals surface area (Å²) in [4.78, 5) is 19.5. The van der Waals surface area contributed by atoms with Gasteiger partial charge in [-0.2, -0.15) is 0 Å². The number of hydrogen-bond acceptors (Lipinski definition) is 5. The van der Waals surface area contributed by atoms with Crippen LogP contribution in [0.3, 0.4) is 0 Å². The van der Waals surface area contributed by atoms with Crippen molar-refractivity contribution in [1.29, 1.82) is 0 Å². The number of nitrogens with zero attached hydrogens (tertiary/aromatic N) is 2. The summed E-state index contributed by atoms with van der Waals surface area (Å²) in [5.41, 5.74) is 2.92. The summed E-state index contributed by atoms with van der Waals surface area (Å²) < 4.78 is 26.8. The molecule has 7 nitrogen and oxygen atoms in total. The highest BCUT2D eigenvalue weighted by Gasteiger charge is 2.30. The van der Waals surface area contributed by atoms with Gasteiger partial charge in [0, 0.05) is 38.2 Å². The molecule has 0 aliphatic carbocycles. The molecule has 1 saturated heterocycles. The van der Waals surface area contributed by atoms with Crippen molar-refractivity contribution in [3.05, 3.63) is 65.2 Å². The summed E-state index contributed by atoms with van der Waals surface area (Å²) in [6.45, 7) is 8.42. The van der Waals surface area contributed by atoms with Gasteiger partial charge in [-0.15, -0.1) is 0 Å². The fourth-order valence-electron chi connectivity index (χ4n) is 4.85. The van der Waals surface area contributed by atoms with E-state index in [1.54, 1.807) is 24.3 Å². The van der Waals surface area contributed by atoms with Crippen molar-refractivity contribution in [2.24, 2.45) is 16.8 Å². The number of piperidine rings is 1. The maximum Gasteiger partial charge on any atom is 0.263 e. The Balaban J connectivity index is 1.31. The SMILES string of the molecule is CC1CC(C)CN(Cc2ccccc2CNC(=O)CCN=C2NS(=O)(=O)c3ccccc32)C1. The third kappa shape index (κ3) is 5.81. The fourth-order valence-corrected chi connectivity index (χ4v) is 6.10. The smallest absolute Gasteiger partial charge is 0.263 e. The molecule has 2 heterocycles. The van der Waals surface area contributed by atoms with Gasteiger partial charge in [0.05, 0.1) is 11.4 Å². The van der Waals surface area contributed by atoms with Crippen LogP contribution < -0.4 is 10.0 Å². The number of fused-ring (bicyclic) bond motifs is 1. The Labute approximate surface area is 196 Å². The quantitative estimate of drug-likeness (QED) is 0.654. The molecule has 0 saturated carbocycles. The molecule has 2 aromatic rings. The van der Waals surface area contributed by atoms with Crippen LogP contribution >= 0.6 is 0 Å². The normalized spacial score (nSPS) is 23.2. The van der Waals surface area contributed by atoms with Gasteiger partial charge >= 0.3 is 0 Å². The van der Waals surface area contributed by atoms with Gasteiger partial charge in [-0.05, 0) is 41.5 Å². The zero-order valence-electron chi connectivity index (χ0n) is 19.3. The van der Waals surface area contributed by atoms with Crippen molar-refractivity contribution in [3.63, 3.8) is 0 Å². The summed E-state index contributed by atoms with van der Waals surface area (Å²) in [6.07, 6.45) is 1.47. The second kappa shape index (κ2) is 10.1. The average molecular weight is 469 g/mol. The molecule has 1 fully saturated rings. The standard InChI is InChI=1S/C25H32N4O3S/c1-18-13-19(2)16-29(15-18)17-21-8-4-3-7-20(21)14-27-24(30)11-12-26-25-22-9-5-6-10-23(22)33(31,32)28-25/h3-10,18-19H,11-17H2,1-2H3,(H,26,28)(H,27,30). The molecule has 2 aliphatic rings. The summed E-state index contributed by atoms with van der Waals surface area (Å²) >= 11 is 0. The predicted molar refractivity (Wildman–Crippen MR) is 129 cm³/mol. The number of aliphatic imine (C=N–C) groups is 1. The molecule has 2 aromatic carbocycles. The van der Waals surface area contributed by atoms with E-state index in [0.29, 0.717) is 29.8 Å². The number of benzene rings is 2. The van der Waals surface area contributed by atoms with Crippen molar-refractivity contribution >= 4 is 21.8 Å². The number of hydrogen-bond donors (Lipinski definition) is 2. The highest BCUT2D eigenvalue weighted by molar-refractivity contribution is 7.90. The summed E-state index contributed by atoms with van der Waals surface area (Å²) in [7, 11) is -3.56. The van der Waals surface area contributed by atoms with Gasteiger partial charge < -0.3 is 5.32 Å². The molecule has 0 spiro atoms. The Morgan fingerprint density at radius 3 is 2.48 bits per heavy atom. The van der Waals surface area contributed by atoms with E-state index in [-0.39, 0.29) is 23.8 Å². The topological polar surface area (TPSA) is 90.9 Å². The van der Waals surface area contributed by atoms with E-state index in [0.717, 1.165) is 25.2 Å². The van der Waals surface area contributed by atoms with Crippen molar-refractivity contribution < 1.29 is 13.2 Å². The summed E-state index contributed by atoms with van der Waals surface area (Å²) in [6, 6.07) is 15.0. The highest BCUT2D eigenvalue weighted by atomic mass is 32.2. The first-order chi connectivity index (χ1) is 15.8. The molecule has 8 heteroatoms. The zero-order valence-corrected chi connectivity index (χ0v) is 20.1. The van der Waals surface area contributed by atoms with Crippen LogP contribution in [0.25, 0.3) is 0 Å². The van der Waals surface area contributed by atoms with Gasteiger partial charge in [-0.3, -0.25) is 19.4 Å². The summed E-state index contributed by atoms with van der Waals surface area (Å²) in [5.74, 6) is 1.61. The monoisotopic (exact) mass is 468 g/mol. The largest absolute Gasteiger partial charge is 0.352 e. The second-order valence-electron chi connectivity index (χ2n) is 9.27. The first-order valence-electron chi connectivity index (χ1n) is 11.5. The number of sulfonamides is 1. The van der Waals surface area contributed by atoms with Crippen LogP contribution in [-0.2, 0) is 27.9 Å². The molecule has 0 radical (unpaired) electrons. The zero-order chi connectivity index (χ0) is 23.4. The number of rotatable bonds is 7. The first-order valence-corrected chi connectivity index (χ1v) is 13.0. The van der Waals surface area contributed by atoms with E-state index in [1.165, 1.54) is 12.0 Å². The van der Waals surface area contributed by atoms with Crippen LogP contribution in [-0.4, -0.2) is 44.7 Å². The molecule has 2 aliphatic heterocycles. The number of carbonyl (C=O) groups is 1. The Kier molecular flexibility index (Phi) is 7.14. The molecule has 2 atom stereocenters. The maximum atomic E-state index is 12.4. The Morgan fingerprint density at radius 2 is 1.73 bits per heavy atom. The third-order valence-electron chi connectivity index (χ3n) is 6.20. The first kappa shape index (κ1) is 23.4. The van der Waals surface area contributed by atoms with Gasteiger partial charge in [-0.1, -0.05) is 50.2 Å². The molecular formula is C25H32N4O3S. The lowest BCUT2D eigenvalue weighted by molar-refractivity contribution is -0.121. The van der Waals surface area contributed by atoms with Crippen molar-refractivity contribution in [2.75, 3.05) is 19.6 Å². The minimum absolute atomic E-state index is 0.108. The molecule has 0 aromatic heterocycles. The van der Waals surface area contributed by atoms with Crippen LogP contribution in [0.1, 0.15) is 43.4 Å². The Morgan fingerprint density at radius 1 is 1.06 bits per heavy atom. The number of carbonyl (C=O) groups excluding carboxylic acids is 1. The Hall–Kier alpha value is -2.71. The lowest BCUT2D eigenvalue weighted by atomic mass is 9.91. The van der Waals surface area contributed by atoms with Crippen molar-refractivity contribution in [1.82, 2.24) is 14.9 Å². The minimum atomic E-state index is -3.56. The molecule has 2 N–H and O–H groups in total. The molecule has 176 valence electrons. The van der Waals surface area contributed by atoms with Crippen molar-refractivity contribution in [2.45, 2.75) is 44.7 Å². The van der Waals surface area contributed by atoms with E-state index < -0.39 is 10.0 Å². The van der Waals surface area contributed by atoms with Gasteiger partial charge in [-0.25, -0.2) is 8.42 Å². The molecule has 4 rings (SSSR count). The van der Waals surface area contributed by atoms with Crippen LogP contribution in [0.15, 0.2) is 58.4 Å².